The second-order valence-corrected chi connectivity index (χ2v) is 6.91. The molecule has 2 fully saturated rings. The molecule has 3 heteroatoms. The van der Waals surface area contributed by atoms with Crippen molar-refractivity contribution in [2.75, 3.05) is 19.6 Å². The monoisotopic (exact) mass is 297 g/mol. The minimum Gasteiger partial charge on any atom is -0.310 e. The van der Waals surface area contributed by atoms with E-state index in [1.54, 1.807) is 0 Å². The predicted molar refractivity (Wildman–Crippen MR) is 89.4 cm³/mol. The maximum atomic E-state index is 8.82. The van der Waals surface area contributed by atoms with Crippen molar-refractivity contribution in [3.63, 3.8) is 0 Å². The smallest absolute Gasteiger partial charge is 0.0991 e. The molecule has 0 atom stereocenters. The van der Waals surface area contributed by atoms with Crippen LogP contribution >= 0.6 is 0 Å². The molecule has 1 aromatic carbocycles. The van der Waals surface area contributed by atoms with E-state index in [0.717, 1.165) is 18.0 Å². The van der Waals surface area contributed by atoms with Crippen molar-refractivity contribution < 1.29 is 0 Å². The second kappa shape index (κ2) is 7.76. The van der Waals surface area contributed by atoms with Gasteiger partial charge in [-0.25, -0.2) is 0 Å². The normalized spacial score (nSPS) is 21.0. The molecule has 0 unspecified atom stereocenters. The Morgan fingerprint density at radius 2 is 1.73 bits per heavy atom. The van der Waals surface area contributed by atoms with E-state index < -0.39 is 0 Å². The molecule has 118 valence electrons. The maximum Gasteiger partial charge on any atom is 0.0991 e. The van der Waals surface area contributed by atoms with Crippen molar-refractivity contribution in [3.05, 3.63) is 35.4 Å². The summed E-state index contributed by atoms with van der Waals surface area (Å²) in [6.07, 6.45) is 8.35. The molecule has 1 aliphatic heterocycles. The zero-order chi connectivity index (χ0) is 15.2. The average molecular weight is 297 g/mol. The molecule has 22 heavy (non-hydrogen) atoms. The molecule has 0 amide bonds. The van der Waals surface area contributed by atoms with Gasteiger partial charge in [-0.05, 0) is 62.4 Å². The lowest BCUT2D eigenvalue weighted by molar-refractivity contribution is 0.172. The largest absolute Gasteiger partial charge is 0.310 e. The minimum atomic E-state index is 0.649. The minimum absolute atomic E-state index is 0.649. The van der Waals surface area contributed by atoms with E-state index in [-0.39, 0.29) is 0 Å². The van der Waals surface area contributed by atoms with Crippen molar-refractivity contribution in [1.29, 1.82) is 5.26 Å². The van der Waals surface area contributed by atoms with Crippen molar-refractivity contribution in [1.82, 2.24) is 10.2 Å². The lowest BCUT2D eigenvalue weighted by atomic mass is 10.0. The van der Waals surface area contributed by atoms with Gasteiger partial charge in [0.15, 0.2) is 0 Å². The Morgan fingerprint density at radius 3 is 2.36 bits per heavy atom. The van der Waals surface area contributed by atoms with E-state index in [0.29, 0.717) is 6.04 Å². The standard InChI is InChI=1S/C19H27N3/c20-13-16-5-7-17(8-6-16)14-21-19-9-11-22(12-10-19)15-18-3-1-2-4-18/h5-8,18-19,21H,1-4,9-12,14-15H2. The van der Waals surface area contributed by atoms with Gasteiger partial charge in [0.2, 0.25) is 0 Å². The molecule has 0 spiro atoms. The quantitative estimate of drug-likeness (QED) is 0.906. The van der Waals surface area contributed by atoms with Crippen LogP contribution in [0.25, 0.3) is 0 Å². The van der Waals surface area contributed by atoms with Crippen LogP contribution in [0.4, 0.5) is 0 Å². The fourth-order valence-electron chi connectivity index (χ4n) is 3.84. The van der Waals surface area contributed by atoms with E-state index in [4.69, 9.17) is 5.26 Å². The summed E-state index contributed by atoms with van der Waals surface area (Å²) in [6.45, 7) is 4.75. The van der Waals surface area contributed by atoms with Gasteiger partial charge in [0, 0.05) is 19.1 Å². The van der Waals surface area contributed by atoms with E-state index in [9.17, 15) is 0 Å². The third-order valence-corrected chi connectivity index (χ3v) is 5.26. The molecule has 1 aromatic rings. The number of benzene rings is 1. The van der Waals surface area contributed by atoms with E-state index in [1.165, 1.54) is 63.7 Å². The van der Waals surface area contributed by atoms with Crippen molar-refractivity contribution in [3.8, 4) is 6.07 Å². The van der Waals surface area contributed by atoms with E-state index in [2.05, 4.69) is 28.4 Å². The van der Waals surface area contributed by atoms with Crippen LogP contribution in [0.2, 0.25) is 0 Å². The summed E-state index contributed by atoms with van der Waals surface area (Å²) in [5.74, 6) is 0.975. The van der Waals surface area contributed by atoms with Gasteiger partial charge in [-0.3, -0.25) is 0 Å². The summed E-state index contributed by atoms with van der Waals surface area (Å²) in [7, 11) is 0. The highest BCUT2D eigenvalue weighted by Crippen LogP contribution is 2.26. The summed E-state index contributed by atoms with van der Waals surface area (Å²) >= 11 is 0. The van der Waals surface area contributed by atoms with Crippen LogP contribution in [-0.2, 0) is 6.54 Å². The van der Waals surface area contributed by atoms with Crippen LogP contribution in [-0.4, -0.2) is 30.6 Å². The summed E-state index contributed by atoms with van der Waals surface area (Å²) < 4.78 is 0. The fourth-order valence-corrected chi connectivity index (χ4v) is 3.84. The first-order valence-corrected chi connectivity index (χ1v) is 8.78. The lowest BCUT2D eigenvalue weighted by Crippen LogP contribution is -2.43. The van der Waals surface area contributed by atoms with Crippen molar-refractivity contribution >= 4 is 0 Å². The van der Waals surface area contributed by atoms with Gasteiger partial charge in [0.05, 0.1) is 11.6 Å². The summed E-state index contributed by atoms with van der Waals surface area (Å²) in [5.41, 5.74) is 2.01. The van der Waals surface area contributed by atoms with E-state index in [1.807, 2.05) is 12.1 Å². The topological polar surface area (TPSA) is 39.1 Å². The molecule has 1 aliphatic carbocycles. The molecule has 0 radical (unpaired) electrons. The molecule has 2 aliphatic rings. The highest BCUT2D eigenvalue weighted by atomic mass is 15.1. The highest BCUT2D eigenvalue weighted by molar-refractivity contribution is 5.31. The molecule has 1 heterocycles. The first-order valence-electron chi connectivity index (χ1n) is 8.78. The van der Waals surface area contributed by atoms with Gasteiger partial charge in [0.25, 0.3) is 0 Å². The third-order valence-electron chi connectivity index (χ3n) is 5.26. The Hall–Kier alpha value is -1.37. The Balaban J connectivity index is 1.37. The highest BCUT2D eigenvalue weighted by Gasteiger charge is 2.23. The third kappa shape index (κ3) is 4.32. The lowest BCUT2D eigenvalue weighted by Gasteiger charge is -2.34. The van der Waals surface area contributed by atoms with Crippen LogP contribution in [0.3, 0.4) is 0 Å². The van der Waals surface area contributed by atoms with Gasteiger partial charge in [-0.15, -0.1) is 0 Å². The number of rotatable bonds is 5. The molecule has 0 bridgehead atoms. The van der Waals surface area contributed by atoms with Crippen LogP contribution in [0.1, 0.15) is 49.7 Å². The first kappa shape index (κ1) is 15.5. The molecular weight excluding hydrogens is 270 g/mol. The zero-order valence-corrected chi connectivity index (χ0v) is 13.4. The predicted octanol–water partition coefficient (Wildman–Crippen LogP) is 3.30. The van der Waals surface area contributed by atoms with Crippen molar-refractivity contribution in [2.24, 2.45) is 5.92 Å². The Bertz CT molecular complexity index is 488. The van der Waals surface area contributed by atoms with Crippen molar-refractivity contribution in [2.45, 2.75) is 51.1 Å². The van der Waals surface area contributed by atoms with Gasteiger partial charge >= 0.3 is 0 Å². The molecular formula is C19H27N3. The number of nitrogens with zero attached hydrogens (tertiary/aromatic N) is 2. The number of nitriles is 1. The molecule has 1 N–H and O–H groups in total. The maximum absolute atomic E-state index is 8.82. The number of hydrogen-bond donors (Lipinski definition) is 1. The van der Waals surface area contributed by atoms with Crippen LogP contribution in [0, 0.1) is 17.2 Å². The van der Waals surface area contributed by atoms with E-state index >= 15 is 0 Å². The van der Waals surface area contributed by atoms with Gasteiger partial charge < -0.3 is 10.2 Å². The Labute approximate surface area is 134 Å². The van der Waals surface area contributed by atoms with Gasteiger partial charge in [-0.2, -0.15) is 5.26 Å². The molecule has 0 aromatic heterocycles. The zero-order valence-electron chi connectivity index (χ0n) is 13.4. The molecule has 1 saturated carbocycles. The Kier molecular flexibility index (Phi) is 5.48. The second-order valence-electron chi connectivity index (χ2n) is 6.91. The average Bonchev–Trinajstić information content (AvgIpc) is 3.08. The number of hydrogen-bond acceptors (Lipinski definition) is 3. The SMILES string of the molecule is N#Cc1ccc(CNC2CCN(CC3CCCC3)CC2)cc1. The number of likely N-dealkylation sites (tertiary alicyclic amines) is 1. The first-order chi connectivity index (χ1) is 10.8. The number of piperidine rings is 1. The summed E-state index contributed by atoms with van der Waals surface area (Å²) in [6, 6.07) is 10.7. The van der Waals surface area contributed by atoms with Crippen LogP contribution in [0.5, 0.6) is 0 Å². The molecule has 3 rings (SSSR count). The summed E-state index contributed by atoms with van der Waals surface area (Å²) in [5, 5.41) is 12.5. The van der Waals surface area contributed by atoms with Crippen LogP contribution < -0.4 is 5.32 Å². The van der Waals surface area contributed by atoms with Crippen LogP contribution in [0.15, 0.2) is 24.3 Å². The molecule has 1 saturated heterocycles. The fraction of sp³-hybridized carbons (Fsp3) is 0.632. The van der Waals surface area contributed by atoms with Gasteiger partial charge in [0.1, 0.15) is 0 Å². The molecule has 3 nitrogen and oxygen atoms in total. The number of nitrogens with one attached hydrogen (secondary N) is 1. The van der Waals surface area contributed by atoms with Gasteiger partial charge in [-0.1, -0.05) is 25.0 Å². The Morgan fingerprint density at radius 1 is 1.05 bits per heavy atom. The summed E-state index contributed by atoms with van der Waals surface area (Å²) in [4.78, 5) is 2.68.